The van der Waals surface area contributed by atoms with Gasteiger partial charge in [0, 0.05) is 19.8 Å². The highest BCUT2D eigenvalue weighted by Gasteiger charge is 2.38. The van der Waals surface area contributed by atoms with Gasteiger partial charge < -0.3 is 14.0 Å². The third-order valence-corrected chi connectivity index (χ3v) is 7.78. The van der Waals surface area contributed by atoms with Crippen molar-refractivity contribution in [3.63, 3.8) is 0 Å². The molecule has 0 heterocycles. The van der Waals surface area contributed by atoms with Gasteiger partial charge in [-0.1, -0.05) is 13.8 Å². The van der Waals surface area contributed by atoms with Crippen molar-refractivity contribution in [1.29, 1.82) is 0 Å². The van der Waals surface area contributed by atoms with Crippen LogP contribution >= 0.6 is 25.3 Å². The summed E-state index contributed by atoms with van der Waals surface area (Å²) in [5.74, 6) is 2.04. The second-order valence-electron chi connectivity index (χ2n) is 4.87. The maximum absolute atomic E-state index is 9.11. The lowest BCUT2D eigenvalue weighted by atomic mass is 10.3. The second kappa shape index (κ2) is 12.5. The minimum Gasteiger partial charge on any atom is -0.396 e. The van der Waals surface area contributed by atoms with Gasteiger partial charge in [0.15, 0.2) is 0 Å². The van der Waals surface area contributed by atoms with Crippen LogP contribution in [-0.4, -0.2) is 45.0 Å². The average molecular weight is 327 g/mol. The Morgan fingerprint density at radius 3 is 1.95 bits per heavy atom. The maximum atomic E-state index is 9.11. The highest BCUT2D eigenvalue weighted by Crippen LogP contribution is 2.27. The van der Waals surface area contributed by atoms with Crippen LogP contribution in [0.1, 0.15) is 33.1 Å². The zero-order valence-electron chi connectivity index (χ0n) is 12.3. The van der Waals surface area contributed by atoms with Crippen molar-refractivity contribution in [3.05, 3.63) is 0 Å². The van der Waals surface area contributed by atoms with E-state index in [1.807, 2.05) is 0 Å². The van der Waals surface area contributed by atoms with E-state index in [1.54, 1.807) is 0 Å². The lowest BCUT2D eigenvalue weighted by Crippen LogP contribution is -2.45. The van der Waals surface area contributed by atoms with Gasteiger partial charge in [-0.25, -0.2) is 0 Å². The van der Waals surface area contributed by atoms with Crippen molar-refractivity contribution >= 4 is 33.8 Å². The van der Waals surface area contributed by atoms with Gasteiger partial charge in [0.05, 0.1) is 0 Å². The fourth-order valence-electron chi connectivity index (χ4n) is 1.96. The summed E-state index contributed by atoms with van der Waals surface area (Å²) < 4.78 is 12.3. The predicted octanol–water partition coefficient (Wildman–Crippen LogP) is 3.14. The molecule has 3 nitrogen and oxygen atoms in total. The molecule has 116 valence electrons. The van der Waals surface area contributed by atoms with Crippen LogP contribution in [0.3, 0.4) is 0 Å². The molecule has 19 heavy (non-hydrogen) atoms. The number of aliphatic hydroxyl groups is 1. The molecule has 0 aliphatic rings. The Kier molecular flexibility index (Phi) is 13.1. The van der Waals surface area contributed by atoms with E-state index in [-0.39, 0.29) is 6.61 Å². The van der Waals surface area contributed by atoms with Crippen LogP contribution in [0.4, 0.5) is 0 Å². The molecule has 0 aliphatic carbocycles. The molecule has 0 rings (SSSR count). The Hall–Kier alpha value is 0.797. The highest BCUT2D eigenvalue weighted by molar-refractivity contribution is 7.81. The molecule has 1 N–H and O–H groups in total. The molecule has 0 radical (unpaired) electrons. The Balaban J connectivity index is 4.74. The van der Waals surface area contributed by atoms with Crippen molar-refractivity contribution in [1.82, 2.24) is 0 Å². The minimum atomic E-state index is -2.22. The third-order valence-electron chi connectivity index (χ3n) is 2.97. The topological polar surface area (TPSA) is 38.7 Å². The van der Waals surface area contributed by atoms with Crippen molar-refractivity contribution in [2.75, 3.05) is 31.3 Å². The molecule has 0 spiro atoms. The van der Waals surface area contributed by atoms with Crippen LogP contribution < -0.4 is 0 Å². The number of thiol groups is 2. The molecule has 0 saturated heterocycles. The van der Waals surface area contributed by atoms with Crippen molar-refractivity contribution in [3.8, 4) is 0 Å². The van der Waals surface area contributed by atoms with Crippen LogP contribution in [0.5, 0.6) is 0 Å². The zero-order chi connectivity index (χ0) is 14.6. The van der Waals surface area contributed by atoms with Crippen LogP contribution in [0, 0.1) is 5.92 Å². The van der Waals surface area contributed by atoms with Gasteiger partial charge in [-0.05, 0) is 48.8 Å². The Morgan fingerprint density at radius 2 is 1.58 bits per heavy atom. The Bertz CT molecular complexity index is 183. The first-order chi connectivity index (χ1) is 9.17. The van der Waals surface area contributed by atoms with E-state index in [9.17, 15) is 0 Å². The van der Waals surface area contributed by atoms with E-state index in [2.05, 4.69) is 39.1 Å². The molecule has 6 heteroatoms. The minimum absolute atomic E-state index is 0.201. The van der Waals surface area contributed by atoms with Crippen molar-refractivity contribution in [2.24, 2.45) is 5.92 Å². The lowest BCUT2D eigenvalue weighted by molar-refractivity contribution is 0.160. The molecule has 0 fully saturated rings. The first-order valence-corrected chi connectivity index (χ1v) is 10.8. The summed E-state index contributed by atoms with van der Waals surface area (Å²) in [6.45, 7) is 5.91. The average Bonchev–Trinajstić information content (AvgIpc) is 2.45. The molecule has 0 saturated carbocycles. The second-order valence-corrected chi connectivity index (χ2v) is 8.91. The maximum Gasteiger partial charge on any atom is 0.338 e. The summed E-state index contributed by atoms with van der Waals surface area (Å²) in [5.41, 5.74) is 0. The SMILES string of the molecule is CCCO[Si](CCCO)(CC(CS)CS)OCCC. The highest BCUT2D eigenvalue weighted by atomic mass is 32.1. The molecule has 0 bridgehead atoms. The number of aliphatic hydroxyl groups excluding tert-OH is 1. The summed E-state index contributed by atoms with van der Waals surface area (Å²) >= 11 is 8.79. The summed E-state index contributed by atoms with van der Waals surface area (Å²) in [4.78, 5) is 0. The van der Waals surface area contributed by atoms with E-state index in [1.165, 1.54) is 0 Å². The monoisotopic (exact) mass is 326 g/mol. The normalized spacial score (nSPS) is 12.3. The molecule has 0 atom stereocenters. The molecule has 0 aromatic rings. The lowest BCUT2D eigenvalue weighted by Gasteiger charge is -2.33. The van der Waals surface area contributed by atoms with Gasteiger partial charge >= 0.3 is 8.56 Å². The van der Waals surface area contributed by atoms with Gasteiger partial charge in [-0.3, -0.25) is 0 Å². The summed E-state index contributed by atoms with van der Waals surface area (Å²) in [7, 11) is -2.22. The van der Waals surface area contributed by atoms with Crippen LogP contribution in [0.15, 0.2) is 0 Å². The molecule has 0 aliphatic heterocycles. The third kappa shape index (κ3) is 8.62. The molecule has 0 unspecified atom stereocenters. The van der Waals surface area contributed by atoms with E-state index in [4.69, 9.17) is 14.0 Å². The fourth-order valence-corrected chi connectivity index (χ4v) is 6.99. The van der Waals surface area contributed by atoms with Crippen LogP contribution in [0.2, 0.25) is 12.1 Å². The van der Waals surface area contributed by atoms with Crippen LogP contribution in [-0.2, 0) is 8.85 Å². The van der Waals surface area contributed by atoms with Gasteiger partial charge in [0.25, 0.3) is 0 Å². The smallest absolute Gasteiger partial charge is 0.338 e. The molecular formula is C13H30O3S2Si. The summed E-state index contributed by atoms with van der Waals surface area (Å²) in [5, 5.41) is 9.11. The van der Waals surface area contributed by atoms with E-state index >= 15 is 0 Å². The molecule has 0 aromatic heterocycles. The van der Waals surface area contributed by atoms with E-state index in [0.29, 0.717) is 5.92 Å². The van der Waals surface area contributed by atoms with Gasteiger partial charge in [0.1, 0.15) is 0 Å². The van der Waals surface area contributed by atoms with Crippen molar-refractivity contribution < 1.29 is 14.0 Å². The molecular weight excluding hydrogens is 296 g/mol. The summed E-state index contributed by atoms with van der Waals surface area (Å²) in [6, 6.07) is 1.79. The van der Waals surface area contributed by atoms with E-state index < -0.39 is 8.56 Å². The first-order valence-electron chi connectivity index (χ1n) is 7.28. The van der Waals surface area contributed by atoms with Crippen LogP contribution in [0.25, 0.3) is 0 Å². The largest absolute Gasteiger partial charge is 0.396 e. The fraction of sp³-hybridized carbons (Fsp3) is 1.00. The van der Waals surface area contributed by atoms with Gasteiger partial charge in [-0.15, -0.1) is 0 Å². The first kappa shape index (κ1) is 19.8. The van der Waals surface area contributed by atoms with Gasteiger partial charge in [0.2, 0.25) is 0 Å². The zero-order valence-corrected chi connectivity index (χ0v) is 15.1. The number of hydrogen-bond acceptors (Lipinski definition) is 5. The summed E-state index contributed by atoms with van der Waals surface area (Å²) in [6.07, 6.45) is 2.75. The Morgan fingerprint density at radius 1 is 1.05 bits per heavy atom. The number of rotatable bonds is 13. The van der Waals surface area contributed by atoms with Gasteiger partial charge in [-0.2, -0.15) is 25.3 Å². The number of hydrogen-bond donors (Lipinski definition) is 3. The van der Waals surface area contributed by atoms with E-state index in [0.717, 1.165) is 56.1 Å². The molecule has 0 aromatic carbocycles. The molecule has 0 amide bonds. The Labute approximate surface area is 130 Å². The van der Waals surface area contributed by atoms with Crippen molar-refractivity contribution in [2.45, 2.75) is 45.2 Å². The quantitative estimate of drug-likeness (QED) is 0.360. The predicted molar refractivity (Wildman–Crippen MR) is 90.8 cm³/mol. The standard InChI is InChI=1S/C13H30O3S2Si/c1-3-7-15-19(9-5-6-14,16-8-4-2)12-13(10-17)11-18/h13-14,17-18H,3-12H2,1-2H3.